The first-order valence-electron chi connectivity index (χ1n) is 16.3. The zero-order valence-corrected chi connectivity index (χ0v) is 28.4. The number of fused-ring (bicyclic) bond motifs is 3. The number of carboxylic acids is 1. The fraction of sp³-hybridized carbons (Fsp3) is 0.588. The van der Waals surface area contributed by atoms with E-state index in [1.165, 1.54) is 0 Å². The van der Waals surface area contributed by atoms with Gasteiger partial charge in [0.2, 0.25) is 10.0 Å². The molecule has 6 atom stereocenters. The number of nitrogens with zero attached hydrogens (tertiary/aromatic N) is 2. The topological polar surface area (TPSA) is 136 Å². The highest BCUT2D eigenvalue weighted by atomic mass is 35.5. The average Bonchev–Trinajstić information content (AvgIpc) is 3.00. The molecule has 1 fully saturated rings. The number of carbonyl (C=O) groups is 2. The molecule has 0 radical (unpaired) electrons. The summed E-state index contributed by atoms with van der Waals surface area (Å²) in [6, 6.07) is 10.5. The van der Waals surface area contributed by atoms with Crippen LogP contribution in [0.15, 0.2) is 36.4 Å². The summed E-state index contributed by atoms with van der Waals surface area (Å²) in [6.07, 6.45) is 4.45. The van der Waals surface area contributed by atoms with Crippen molar-refractivity contribution in [3.63, 3.8) is 0 Å². The molecule has 1 amide bonds. The van der Waals surface area contributed by atoms with Crippen LogP contribution in [-0.4, -0.2) is 79.5 Å². The van der Waals surface area contributed by atoms with E-state index in [1.54, 1.807) is 44.0 Å². The molecule has 0 saturated heterocycles. The highest BCUT2D eigenvalue weighted by molar-refractivity contribution is 7.90. The molecule has 1 saturated carbocycles. The molecule has 3 aliphatic rings. The fourth-order valence-electron chi connectivity index (χ4n) is 7.15. The van der Waals surface area contributed by atoms with Crippen molar-refractivity contribution in [2.75, 3.05) is 31.6 Å². The highest BCUT2D eigenvalue weighted by Gasteiger charge is 2.40. The Labute approximate surface area is 277 Å². The molecule has 2 aromatic carbocycles. The number of halogens is 1. The number of likely N-dealkylation sites (N-methyl/N-ethyl adjacent to an activating group) is 1. The number of carboxylic acid groups (broad SMARTS) is 1. The Morgan fingerprint density at radius 1 is 1.11 bits per heavy atom. The van der Waals surface area contributed by atoms with Crippen molar-refractivity contribution in [1.82, 2.24) is 9.62 Å². The molecule has 2 aliphatic heterocycles. The van der Waals surface area contributed by atoms with Crippen molar-refractivity contribution in [2.24, 2.45) is 17.8 Å². The number of rotatable bonds is 3. The summed E-state index contributed by atoms with van der Waals surface area (Å²) < 4.78 is 35.6. The zero-order chi connectivity index (χ0) is 33.2. The van der Waals surface area contributed by atoms with Gasteiger partial charge in [0.1, 0.15) is 12.4 Å². The molecule has 2 aromatic rings. The SMILES string of the molecule is C[C@@H]1[C@@H](C)C[C@H](N(C)CC(=O)O)C[C@@H](O)[C@@H]2CC[C@H]2CN2CCCCc3cc(Cl)ccc3COc3ccc(cc32)C(=O)NS1(=O)=O. The van der Waals surface area contributed by atoms with E-state index in [9.17, 15) is 28.2 Å². The van der Waals surface area contributed by atoms with Crippen molar-refractivity contribution < 1.29 is 33.0 Å². The highest BCUT2D eigenvalue weighted by Crippen LogP contribution is 2.42. The van der Waals surface area contributed by atoms with Gasteiger partial charge < -0.3 is 19.8 Å². The smallest absolute Gasteiger partial charge is 0.317 e. The van der Waals surface area contributed by atoms with Crippen LogP contribution in [-0.2, 0) is 27.8 Å². The van der Waals surface area contributed by atoms with Gasteiger partial charge in [-0.1, -0.05) is 24.6 Å². The largest absolute Gasteiger partial charge is 0.487 e. The van der Waals surface area contributed by atoms with Crippen LogP contribution in [0.4, 0.5) is 5.69 Å². The normalized spacial score (nSPS) is 28.8. The summed E-state index contributed by atoms with van der Waals surface area (Å²) in [4.78, 5) is 29.0. The summed E-state index contributed by atoms with van der Waals surface area (Å²) >= 11 is 6.32. The number of hydrogen-bond donors (Lipinski definition) is 3. The van der Waals surface area contributed by atoms with E-state index < -0.39 is 39.2 Å². The van der Waals surface area contributed by atoms with Crippen molar-refractivity contribution in [2.45, 2.75) is 82.8 Å². The van der Waals surface area contributed by atoms with E-state index in [2.05, 4.69) is 9.62 Å². The van der Waals surface area contributed by atoms with Crippen molar-refractivity contribution >= 4 is 39.2 Å². The molecule has 1 aliphatic carbocycles. The van der Waals surface area contributed by atoms with E-state index in [-0.39, 0.29) is 30.0 Å². The Hall–Kier alpha value is -2.86. The molecule has 2 bridgehead atoms. The van der Waals surface area contributed by atoms with Crippen LogP contribution in [0.1, 0.15) is 73.9 Å². The molecule has 3 N–H and O–H groups in total. The molecule has 0 unspecified atom stereocenters. The van der Waals surface area contributed by atoms with Crippen LogP contribution >= 0.6 is 11.6 Å². The number of sulfonamides is 1. The van der Waals surface area contributed by atoms with E-state index >= 15 is 0 Å². The van der Waals surface area contributed by atoms with Gasteiger partial charge in [-0.25, -0.2) is 13.1 Å². The second-order valence-corrected chi connectivity index (χ2v) is 15.9. The summed E-state index contributed by atoms with van der Waals surface area (Å²) in [7, 11) is -2.38. The number of aryl methyl sites for hydroxylation is 1. The Morgan fingerprint density at radius 3 is 2.61 bits per heavy atom. The number of aliphatic carboxylic acids is 1. The minimum absolute atomic E-state index is 0.0190. The monoisotopic (exact) mass is 675 g/mol. The van der Waals surface area contributed by atoms with Crippen molar-refractivity contribution in [3.05, 3.63) is 58.1 Å². The number of carbonyl (C=O) groups excluding carboxylic acids is 1. The standard InChI is InChI=1S/C34H46ClN3O7S/c1-21-14-28(37(3)19-33(40)41)17-31(39)29-11-8-25(29)18-38-13-5-4-6-23-15-27(35)10-7-26(23)20-45-32-12-9-24(16-30(32)38)34(42)36-46(43,44)22(21)2/h7,9-10,12,15-16,21-22,25,28-29,31,39H,4-6,8,11,13-14,17-20H2,1-3H3,(H,36,42)(H,40,41)/t21-,22+,25-,28-,29+,31+/m0/s1. The maximum absolute atomic E-state index is 13.5. The molecule has 0 aromatic heterocycles. The lowest BCUT2D eigenvalue weighted by molar-refractivity contribution is -0.138. The lowest BCUT2D eigenvalue weighted by Gasteiger charge is -2.44. The van der Waals surface area contributed by atoms with E-state index in [0.717, 1.165) is 48.9 Å². The number of anilines is 1. The molecular weight excluding hydrogens is 630 g/mol. The maximum atomic E-state index is 13.5. The number of hydrogen-bond acceptors (Lipinski definition) is 8. The van der Waals surface area contributed by atoms with Gasteiger partial charge in [0, 0.05) is 29.7 Å². The molecule has 2 heterocycles. The zero-order valence-electron chi connectivity index (χ0n) is 26.8. The lowest BCUT2D eigenvalue weighted by atomic mass is 9.68. The second-order valence-electron chi connectivity index (χ2n) is 13.4. The lowest BCUT2D eigenvalue weighted by Crippen LogP contribution is -2.48. The fourth-order valence-corrected chi connectivity index (χ4v) is 8.63. The molecule has 0 spiro atoms. The molecule has 46 heavy (non-hydrogen) atoms. The minimum atomic E-state index is -4.08. The first kappa shape index (κ1) is 34.5. The van der Waals surface area contributed by atoms with Gasteiger partial charge in [0.15, 0.2) is 0 Å². The van der Waals surface area contributed by atoms with E-state index in [0.29, 0.717) is 43.3 Å². The number of aliphatic hydroxyl groups is 1. The molecule has 10 nitrogen and oxygen atoms in total. The van der Waals surface area contributed by atoms with Crippen molar-refractivity contribution in [3.8, 4) is 5.75 Å². The third kappa shape index (κ3) is 7.98. The van der Waals surface area contributed by atoms with Crippen LogP contribution in [0.5, 0.6) is 5.75 Å². The van der Waals surface area contributed by atoms with Gasteiger partial charge in [-0.2, -0.15) is 0 Å². The maximum Gasteiger partial charge on any atom is 0.317 e. The number of amides is 1. The van der Waals surface area contributed by atoms with Gasteiger partial charge >= 0.3 is 5.97 Å². The number of nitrogens with one attached hydrogen (secondary N) is 1. The van der Waals surface area contributed by atoms with Crippen molar-refractivity contribution in [1.29, 1.82) is 0 Å². The van der Waals surface area contributed by atoms with Crippen LogP contribution in [0.3, 0.4) is 0 Å². The minimum Gasteiger partial charge on any atom is -0.487 e. The number of benzene rings is 2. The quantitative estimate of drug-likeness (QED) is 0.423. The summed E-state index contributed by atoms with van der Waals surface area (Å²) in [5, 5.41) is 20.8. The van der Waals surface area contributed by atoms with E-state index in [1.807, 2.05) is 18.2 Å². The Morgan fingerprint density at radius 2 is 1.89 bits per heavy atom. The summed E-state index contributed by atoms with van der Waals surface area (Å²) in [5.41, 5.74) is 3.12. The van der Waals surface area contributed by atoms with Gasteiger partial charge in [-0.05, 0) is 118 Å². The number of aliphatic hydroxyl groups excluding tert-OH is 1. The summed E-state index contributed by atoms with van der Waals surface area (Å²) in [6.45, 7) is 4.78. The molecule has 12 heteroatoms. The Balaban J connectivity index is 1.52. The van der Waals surface area contributed by atoms with Crippen LogP contribution in [0.2, 0.25) is 5.02 Å². The Bertz CT molecular complexity index is 1540. The molecular formula is C34H46ClN3O7S. The van der Waals surface area contributed by atoms with Gasteiger partial charge in [0.25, 0.3) is 5.91 Å². The number of ether oxygens (including phenoxy) is 1. The van der Waals surface area contributed by atoms with Crippen LogP contribution in [0, 0.1) is 17.8 Å². The molecule has 5 rings (SSSR count). The molecule has 252 valence electrons. The van der Waals surface area contributed by atoms with Crippen LogP contribution in [0.25, 0.3) is 0 Å². The van der Waals surface area contributed by atoms with Gasteiger partial charge in [-0.15, -0.1) is 0 Å². The van der Waals surface area contributed by atoms with Gasteiger partial charge in [-0.3, -0.25) is 14.5 Å². The Kier molecular flexibility index (Phi) is 10.9. The average molecular weight is 676 g/mol. The second kappa shape index (κ2) is 14.5. The van der Waals surface area contributed by atoms with Crippen LogP contribution < -0.4 is 14.4 Å². The summed E-state index contributed by atoms with van der Waals surface area (Å²) in [5.74, 6) is -1.31. The predicted octanol–water partition coefficient (Wildman–Crippen LogP) is 4.71. The third-order valence-corrected chi connectivity index (χ3v) is 12.5. The first-order chi connectivity index (χ1) is 21.8. The van der Waals surface area contributed by atoms with Gasteiger partial charge in [0.05, 0.1) is 23.6 Å². The predicted molar refractivity (Wildman–Crippen MR) is 178 cm³/mol. The third-order valence-electron chi connectivity index (χ3n) is 10.4. The first-order valence-corrected chi connectivity index (χ1v) is 18.2. The van der Waals surface area contributed by atoms with E-state index in [4.69, 9.17) is 16.3 Å².